The number of hydrogen-bond acceptors (Lipinski definition) is 4. The van der Waals surface area contributed by atoms with Gasteiger partial charge in [0.2, 0.25) is 0 Å². The SMILES string of the molecule is CNCCCc1ncccc1SN. The van der Waals surface area contributed by atoms with Crippen molar-refractivity contribution in [3.63, 3.8) is 0 Å². The number of rotatable bonds is 5. The van der Waals surface area contributed by atoms with Crippen LogP contribution in [0.4, 0.5) is 0 Å². The molecule has 3 N–H and O–H groups in total. The second kappa shape index (κ2) is 5.96. The van der Waals surface area contributed by atoms with E-state index in [-0.39, 0.29) is 0 Å². The van der Waals surface area contributed by atoms with Gasteiger partial charge in [0, 0.05) is 11.1 Å². The Morgan fingerprint density at radius 3 is 3.15 bits per heavy atom. The van der Waals surface area contributed by atoms with E-state index in [1.807, 2.05) is 25.4 Å². The molecular formula is C9H15N3S. The van der Waals surface area contributed by atoms with Gasteiger partial charge in [-0.05, 0) is 50.5 Å². The molecular weight excluding hydrogens is 182 g/mol. The number of hydrogen-bond donors (Lipinski definition) is 2. The maximum Gasteiger partial charge on any atom is 0.0552 e. The van der Waals surface area contributed by atoms with Crippen molar-refractivity contribution in [2.24, 2.45) is 5.14 Å². The summed E-state index contributed by atoms with van der Waals surface area (Å²) in [6.45, 7) is 1.02. The third-order valence-electron chi connectivity index (χ3n) is 1.82. The molecule has 1 heterocycles. The van der Waals surface area contributed by atoms with Gasteiger partial charge in [-0.2, -0.15) is 0 Å². The van der Waals surface area contributed by atoms with Crippen LogP contribution in [0, 0.1) is 0 Å². The van der Waals surface area contributed by atoms with E-state index in [0.717, 1.165) is 30.0 Å². The largest absolute Gasteiger partial charge is 0.320 e. The Labute approximate surface area is 83.3 Å². The fraction of sp³-hybridized carbons (Fsp3) is 0.444. The standard InChI is InChI=1S/C9H15N3S/c1-11-6-2-4-8-9(13-10)5-3-7-12-8/h3,5,7,11H,2,4,6,10H2,1H3. The Hall–Kier alpha value is -0.580. The zero-order valence-electron chi connectivity index (χ0n) is 7.79. The minimum atomic E-state index is 0.987. The highest BCUT2D eigenvalue weighted by molar-refractivity contribution is 7.97. The van der Waals surface area contributed by atoms with Gasteiger partial charge in [-0.25, -0.2) is 0 Å². The molecule has 1 aromatic heterocycles. The molecule has 0 radical (unpaired) electrons. The van der Waals surface area contributed by atoms with Gasteiger partial charge in [0.25, 0.3) is 0 Å². The number of aryl methyl sites for hydroxylation is 1. The molecule has 1 aromatic rings. The zero-order valence-corrected chi connectivity index (χ0v) is 8.60. The number of nitrogens with one attached hydrogen (secondary N) is 1. The van der Waals surface area contributed by atoms with Crippen LogP contribution < -0.4 is 10.5 Å². The van der Waals surface area contributed by atoms with Gasteiger partial charge in [0.15, 0.2) is 0 Å². The van der Waals surface area contributed by atoms with E-state index in [1.54, 1.807) is 0 Å². The summed E-state index contributed by atoms with van der Waals surface area (Å²) >= 11 is 1.27. The smallest absolute Gasteiger partial charge is 0.0552 e. The second-order valence-corrected chi connectivity index (χ2v) is 3.45. The summed E-state index contributed by atoms with van der Waals surface area (Å²) in [5.41, 5.74) is 1.10. The monoisotopic (exact) mass is 197 g/mol. The maximum absolute atomic E-state index is 5.52. The fourth-order valence-electron chi connectivity index (χ4n) is 1.15. The van der Waals surface area contributed by atoms with Crippen LogP contribution in [0.25, 0.3) is 0 Å². The molecule has 0 saturated carbocycles. The predicted octanol–water partition coefficient (Wildman–Crippen LogP) is 1.20. The minimum Gasteiger partial charge on any atom is -0.320 e. The third-order valence-corrected chi connectivity index (χ3v) is 2.44. The molecule has 72 valence electrons. The number of nitrogens with zero attached hydrogens (tertiary/aromatic N) is 1. The van der Waals surface area contributed by atoms with Crippen molar-refractivity contribution in [1.29, 1.82) is 0 Å². The van der Waals surface area contributed by atoms with Gasteiger partial charge in [0.1, 0.15) is 0 Å². The molecule has 0 aliphatic rings. The third kappa shape index (κ3) is 3.34. The lowest BCUT2D eigenvalue weighted by Gasteiger charge is -2.04. The van der Waals surface area contributed by atoms with Crippen LogP contribution in [0.5, 0.6) is 0 Å². The summed E-state index contributed by atoms with van der Waals surface area (Å²) in [6, 6.07) is 3.92. The molecule has 0 bridgehead atoms. The Morgan fingerprint density at radius 1 is 1.62 bits per heavy atom. The summed E-state index contributed by atoms with van der Waals surface area (Å²) in [6.07, 6.45) is 3.90. The van der Waals surface area contributed by atoms with Crippen LogP contribution in [0.3, 0.4) is 0 Å². The molecule has 0 saturated heterocycles. The van der Waals surface area contributed by atoms with Crippen molar-refractivity contribution in [3.05, 3.63) is 24.0 Å². The number of pyridine rings is 1. The first-order valence-corrected chi connectivity index (χ1v) is 5.21. The van der Waals surface area contributed by atoms with Crippen molar-refractivity contribution in [3.8, 4) is 0 Å². The van der Waals surface area contributed by atoms with E-state index < -0.39 is 0 Å². The van der Waals surface area contributed by atoms with Crippen molar-refractivity contribution < 1.29 is 0 Å². The lowest BCUT2D eigenvalue weighted by Crippen LogP contribution is -2.09. The Morgan fingerprint density at radius 2 is 2.46 bits per heavy atom. The van der Waals surface area contributed by atoms with Gasteiger partial charge in [-0.1, -0.05) is 0 Å². The first-order chi connectivity index (χ1) is 6.38. The highest BCUT2D eigenvalue weighted by Gasteiger charge is 2.00. The van der Waals surface area contributed by atoms with Crippen LogP contribution in [-0.2, 0) is 6.42 Å². The first kappa shape index (κ1) is 10.5. The summed E-state index contributed by atoms with van der Waals surface area (Å²) in [4.78, 5) is 5.37. The molecule has 0 fully saturated rings. The van der Waals surface area contributed by atoms with Crippen molar-refractivity contribution in [2.75, 3.05) is 13.6 Å². The fourth-order valence-corrected chi connectivity index (χ4v) is 1.60. The van der Waals surface area contributed by atoms with Crippen molar-refractivity contribution in [1.82, 2.24) is 10.3 Å². The highest BCUT2D eigenvalue weighted by atomic mass is 32.2. The summed E-state index contributed by atoms with van der Waals surface area (Å²) in [5, 5.41) is 8.63. The first-order valence-electron chi connectivity index (χ1n) is 4.33. The molecule has 0 amide bonds. The summed E-state index contributed by atoms with van der Waals surface area (Å²) in [5.74, 6) is 0. The van der Waals surface area contributed by atoms with Crippen LogP contribution in [0.15, 0.2) is 23.2 Å². The summed E-state index contributed by atoms with van der Waals surface area (Å²) < 4.78 is 0. The van der Waals surface area contributed by atoms with Crippen molar-refractivity contribution >= 4 is 11.9 Å². The second-order valence-electron chi connectivity index (χ2n) is 2.77. The van der Waals surface area contributed by atoms with Crippen LogP contribution >= 0.6 is 11.9 Å². The molecule has 13 heavy (non-hydrogen) atoms. The average Bonchev–Trinajstić information content (AvgIpc) is 2.19. The lowest BCUT2D eigenvalue weighted by molar-refractivity contribution is 0.708. The van der Waals surface area contributed by atoms with Gasteiger partial charge >= 0.3 is 0 Å². The zero-order chi connectivity index (χ0) is 9.52. The molecule has 0 atom stereocenters. The van der Waals surface area contributed by atoms with E-state index in [0.29, 0.717) is 0 Å². The van der Waals surface area contributed by atoms with Gasteiger partial charge in [-0.15, -0.1) is 0 Å². The molecule has 3 nitrogen and oxygen atoms in total. The van der Waals surface area contributed by atoms with Crippen molar-refractivity contribution in [2.45, 2.75) is 17.7 Å². The van der Waals surface area contributed by atoms with E-state index >= 15 is 0 Å². The molecule has 0 spiro atoms. The Bertz CT molecular complexity index is 252. The topological polar surface area (TPSA) is 50.9 Å². The van der Waals surface area contributed by atoms with Crippen LogP contribution in [0.1, 0.15) is 12.1 Å². The quantitative estimate of drug-likeness (QED) is 0.550. The highest BCUT2D eigenvalue weighted by Crippen LogP contribution is 2.16. The maximum atomic E-state index is 5.52. The van der Waals surface area contributed by atoms with E-state index in [1.165, 1.54) is 11.9 Å². The van der Waals surface area contributed by atoms with Gasteiger partial charge in [0.05, 0.1) is 5.69 Å². The number of aromatic nitrogens is 1. The van der Waals surface area contributed by atoms with E-state index in [2.05, 4.69) is 10.3 Å². The normalized spacial score (nSPS) is 10.3. The molecule has 4 heteroatoms. The summed E-state index contributed by atoms with van der Waals surface area (Å²) in [7, 11) is 1.96. The van der Waals surface area contributed by atoms with E-state index in [9.17, 15) is 0 Å². The van der Waals surface area contributed by atoms with Crippen LogP contribution in [-0.4, -0.2) is 18.6 Å². The van der Waals surface area contributed by atoms with Crippen LogP contribution in [0.2, 0.25) is 0 Å². The Kier molecular flexibility index (Phi) is 4.82. The molecule has 0 unspecified atom stereocenters. The molecule has 1 rings (SSSR count). The van der Waals surface area contributed by atoms with Gasteiger partial charge in [-0.3, -0.25) is 10.1 Å². The predicted molar refractivity (Wildman–Crippen MR) is 56.5 cm³/mol. The average molecular weight is 197 g/mol. The molecule has 0 aliphatic carbocycles. The minimum absolute atomic E-state index is 0.987. The lowest BCUT2D eigenvalue weighted by atomic mass is 10.2. The Balaban J connectivity index is 2.54. The molecule has 0 aliphatic heterocycles. The number of nitrogens with two attached hydrogens (primary N) is 1. The molecule has 0 aromatic carbocycles. The van der Waals surface area contributed by atoms with Gasteiger partial charge < -0.3 is 5.32 Å². The van der Waals surface area contributed by atoms with E-state index in [4.69, 9.17) is 5.14 Å².